The summed E-state index contributed by atoms with van der Waals surface area (Å²) in [5, 5.41) is 10.8. The molecular formula is C29H31ClFO5P. The number of fused-ring (bicyclic) bond motifs is 1. The molecule has 196 valence electrons. The maximum atomic E-state index is 14.9. The molecule has 3 aromatic rings. The zero-order valence-corrected chi connectivity index (χ0v) is 22.8. The van der Waals surface area contributed by atoms with Crippen LogP contribution in [0.2, 0.25) is 5.02 Å². The van der Waals surface area contributed by atoms with Gasteiger partial charge in [0, 0.05) is 23.4 Å². The van der Waals surface area contributed by atoms with Gasteiger partial charge in [0.05, 0.1) is 12.7 Å². The Labute approximate surface area is 222 Å². The van der Waals surface area contributed by atoms with Gasteiger partial charge in [0.15, 0.2) is 6.35 Å². The summed E-state index contributed by atoms with van der Waals surface area (Å²) in [6.07, 6.45) is 1.55. The molecule has 0 radical (unpaired) electrons. The number of phenols is 1. The first-order chi connectivity index (χ1) is 17.6. The third kappa shape index (κ3) is 5.44. The molecule has 1 saturated heterocycles. The van der Waals surface area contributed by atoms with Crippen molar-refractivity contribution in [2.45, 2.75) is 58.0 Å². The van der Waals surface area contributed by atoms with Crippen LogP contribution in [0.3, 0.4) is 0 Å². The lowest BCUT2D eigenvalue weighted by Crippen LogP contribution is -2.17. The van der Waals surface area contributed by atoms with Gasteiger partial charge in [-0.15, -0.1) is 0 Å². The number of hydrogen-bond acceptors (Lipinski definition) is 5. The molecule has 1 heterocycles. The van der Waals surface area contributed by atoms with E-state index in [1.54, 1.807) is 12.1 Å². The predicted molar refractivity (Wildman–Crippen MR) is 142 cm³/mol. The van der Waals surface area contributed by atoms with Crippen LogP contribution in [0.15, 0.2) is 48.5 Å². The maximum absolute atomic E-state index is 14.9. The summed E-state index contributed by atoms with van der Waals surface area (Å²) < 4.78 is 45.6. The van der Waals surface area contributed by atoms with Crippen LogP contribution in [-0.2, 0) is 20.0 Å². The smallest absolute Gasteiger partial charge is 0.368 e. The van der Waals surface area contributed by atoms with Crippen molar-refractivity contribution < 1.29 is 27.8 Å². The molecule has 1 aliphatic carbocycles. The van der Waals surface area contributed by atoms with E-state index >= 15 is 0 Å². The number of aromatic hydroxyl groups is 1. The van der Waals surface area contributed by atoms with Crippen molar-refractivity contribution in [1.29, 1.82) is 0 Å². The Morgan fingerprint density at radius 2 is 2.00 bits per heavy atom. The topological polar surface area (TPSA) is 65.0 Å². The summed E-state index contributed by atoms with van der Waals surface area (Å²) >= 11 is 6.11. The molecular weight excluding hydrogens is 514 g/mol. The Hall–Kier alpha value is -2.37. The third-order valence-electron chi connectivity index (χ3n) is 7.21. The minimum absolute atomic E-state index is 0.00503. The van der Waals surface area contributed by atoms with Gasteiger partial charge < -0.3 is 14.4 Å². The molecule has 8 heteroatoms. The second-order valence-electron chi connectivity index (χ2n) is 10.1. The average Bonchev–Trinajstić information content (AvgIpc) is 3.27. The molecule has 0 spiro atoms. The number of aryl methyl sites for hydroxylation is 2. The van der Waals surface area contributed by atoms with E-state index in [1.807, 2.05) is 51.1 Å². The van der Waals surface area contributed by atoms with E-state index in [1.165, 1.54) is 6.07 Å². The van der Waals surface area contributed by atoms with E-state index < -0.39 is 13.4 Å². The summed E-state index contributed by atoms with van der Waals surface area (Å²) in [6.45, 7) is 6.25. The first kappa shape index (κ1) is 26.2. The molecule has 0 aromatic heterocycles. The lowest BCUT2D eigenvalue weighted by Gasteiger charge is -2.30. The Kier molecular flexibility index (Phi) is 7.39. The van der Waals surface area contributed by atoms with Gasteiger partial charge in [-0.05, 0) is 89.4 Å². The monoisotopic (exact) mass is 544 g/mol. The first-order valence-electron chi connectivity index (χ1n) is 12.6. The van der Waals surface area contributed by atoms with Crippen LogP contribution in [0.1, 0.15) is 78.0 Å². The van der Waals surface area contributed by atoms with Crippen LogP contribution in [0.5, 0.6) is 11.5 Å². The summed E-state index contributed by atoms with van der Waals surface area (Å²) in [4.78, 5) is 0. The van der Waals surface area contributed by atoms with Crippen molar-refractivity contribution in [2.24, 2.45) is 0 Å². The molecule has 37 heavy (non-hydrogen) atoms. The van der Waals surface area contributed by atoms with E-state index in [4.69, 9.17) is 25.4 Å². The van der Waals surface area contributed by atoms with Crippen LogP contribution >= 0.6 is 19.2 Å². The van der Waals surface area contributed by atoms with Gasteiger partial charge in [0.1, 0.15) is 17.3 Å². The molecule has 1 N–H and O–H groups in total. The quantitative estimate of drug-likeness (QED) is 0.316. The van der Waals surface area contributed by atoms with Gasteiger partial charge in [-0.2, -0.15) is 0 Å². The van der Waals surface area contributed by atoms with E-state index in [9.17, 15) is 14.1 Å². The van der Waals surface area contributed by atoms with Gasteiger partial charge in [0.25, 0.3) is 0 Å². The molecule has 1 unspecified atom stereocenters. The van der Waals surface area contributed by atoms with Crippen molar-refractivity contribution in [3.05, 3.63) is 92.8 Å². The van der Waals surface area contributed by atoms with Crippen LogP contribution in [0, 0.1) is 12.7 Å². The van der Waals surface area contributed by atoms with Crippen LogP contribution in [-0.4, -0.2) is 18.1 Å². The Balaban J connectivity index is 1.34. The number of rotatable bonds is 6. The lowest BCUT2D eigenvalue weighted by molar-refractivity contribution is 0.0725. The van der Waals surface area contributed by atoms with Gasteiger partial charge in [-0.1, -0.05) is 37.6 Å². The lowest BCUT2D eigenvalue weighted by atomic mass is 9.87. The maximum Gasteiger partial charge on any atom is 0.368 e. The molecule has 3 atom stereocenters. The Morgan fingerprint density at radius 3 is 2.76 bits per heavy atom. The van der Waals surface area contributed by atoms with Gasteiger partial charge >= 0.3 is 7.60 Å². The molecule has 5 rings (SSSR count). The fourth-order valence-electron chi connectivity index (χ4n) is 5.44. The number of ether oxygens (including phenoxy) is 1. The fraction of sp³-hybridized carbons (Fsp3) is 0.379. The predicted octanol–water partition coefficient (Wildman–Crippen LogP) is 8.40. The van der Waals surface area contributed by atoms with Crippen molar-refractivity contribution in [3.8, 4) is 11.5 Å². The van der Waals surface area contributed by atoms with Crippen LogP contribution < -0.4 is 4.74 Å². The number of phenolic OH excluding ortho intramolecular Hbond substituents is 1. The second-order valence-corrected chi connectivity index (χ2v) is 12.5. The van der Waals surface area contributed by atoms with Crippen molar-refractivity contribution in [1.82, 2.24) is 0 Å². The highest BCUT2D eigenvalue weighted by molar-refractivity contribution is 7.53. The number of halogens is 2. The van der Waals surface area contributed by atoms with E-state index in [0.29, 0.717) is 29.4 Å². The summed E-state index contributed by atoms with van der Waals surface area (Å²) in [6, 6.07) is 14.2. The summed E-state index contributed by atoms with van der Waals surface area (Å²) in [5.41, 5.74) is 5.36. The Bertz CT molecular complexity index is 1370. The van der Waals surface area contributed by atoms with E-state index in [-0.39, 0.29) is 30.0 Å². The second kappa shape index (κ2) is 10.4. The summed E-state index contributed by atoms with van der Waals surface area (Å²) in [5.74, 6) is 0.178. The molecule has 0 amide bonds. The highest BCUT2D eigenvalue weighted by Crippen LogP contribution is 2.56. The van der Waals surface area contributed by atoms with Crippen LogP contribution in [0.25, 0.3) is 0 Å². The van der Waals surface area contributed by atoms with Gasteiger partial charge in [0.2, 0.25) is 0 Å². The first-order valence-corrected chi connectivity index (χ1v) is 14.7. The van der Waals surface area contributed by atoms with Gasteiger partial charge in [-0.3, -0.25) is 9.09 Å². The fourth-order valence-corrected chi connectivity index (χ4v) is 7.14. The minimum Gasteiger partial charge on any atom is -0.508 e. The number of hydrogen-bond donors (Lipinski definition) is 1. The average molecular weight is 545 g/mol. The zero-order valence-electron chi connectivity index (χ0n) is 21.2. The van der Waals surface area contributed by atoms with Crippen LogP contribution in [0.4, 0.5) is 4.39 Å². The Morgan fingerprint density at radius 1 is 1.19 bits per heavy atom. The molecule has 5 nitrogen and oxygen atoms in total. The SMILES string of the molecule is Cc1cc(OC[P@]2(=O)OCC[C@@H](c3cccc(Cl)c3)O2)cc2c1C(c1cc(C(C)C)c(O)cc1F)CC2. The highest BCUT2D eigenvalue weighted by Gasteiger charge is 2.36. The van der Waals surface area contributed by atoms with E-state index in [0.717, 1.165) is 40.7 Å². The van der Waals surface area contributed by atoms with Crippen molar-refractivity contribution >= 4 is 19.2 Å². The van der Waals surface area contributed by atoms with Crippen molar-refractivity contribution in [3.63, 3.8) is 0 Å². The largest absolute Gasteiger partial charge is 0.508 e. The molecule has 0 saturated carbocycles. The molecule has 1 fully saturated rings. The highest BCUT2D eigenvalue weighted by atomic mass is 35.5. The minimum atomic E-state index is -3.48. The zero-order chi connectivity index (χ0) is 26.3. The van der Waals surface area contributed by atoms with Gasteiger partial charge in [-0.25, -0.2) is 4.39 Å². The van der Waals surface area contributed by atoms with Crippen molar-refractivity contribution in [2.75, 3.05) is 13.0 Å². The van der Waals surface area contributed by atoms with E-state index in [2.05, 4.69) is 0 Å². The molecule has 0 bridgehead atoms. The number of benzene rings is 3. The summed E-state index contributed by atoms with van der Waals surface area (Å²) in [7, 11) is -3.48. The normalized spacial score (nSPS) is 23.3. The molecule has 3 aromatic carbocycles. The molecule has 1 aliphatic heterocycles. The standard InChI is InChI=1S/C29H31ClFO5P/c1-17(2)24-14-25(26(31)15-27(24)32)23-8-7-20-13-22(11-18(3)29(20)23)34-16-37(33)35-10-9-28(36-37)19-5-4-6-21(30)12-19/h4-6,11-15,17,23,28,32H,7-10,16H2,1-3H3/t23?,28-,37-/m0/s1. The molecule has 2 aliphatic rings. The third-order valence-corrected chi connectivity index (χ3v) is 9.04.